The maximum atomic E-state index is 11.7. The van der Waals surface area contributed by atoms with E-state index in [-0.39, 0.29) is 17.4 Å². The highest BCUT2D eigenvalue weighted by Gasteiger charge is 2.77. The number of benzene rings is 3. The van der Waals surface area contributed by atoms with Crippen molar-refractivity contribution in [3.8, 4) is 21.7 Å². The van der Waals surface area contributed by atoms with Crippen LogP contribution in [0.2, 0.25) is 0 Å². The standard InChI is InChI=1S/C33H30NO2S/c1-17(2)21-16-24-26-20(29-31(33(29,35)36-5)34(24)23-12-8-6-10-18(21)23)14-15-22-27(26)30-28(32(22,3)4)19-11-7-9-13-25(19)37-30/h6-17,29,31,35H,1-5H3/q+1. The Morgan fingerprint density at radius 3 is 2.43 bits per heavy atom. The van der Waals surface area contributed by atoms with Crippen LogP contribution in [0.25, 0.3) is 42.7 Å². The van der Waals surface area contributed by atoms with E-state index in [4.69, 9.17) is 4.74 Å². The van der Waals surface area contributed by atoms with Crippen molar-refractivity contribution >= 4 is 32.3 Å². The highest BCUT2D eigenvalue weighted by Crippen LogP contribution is 2.67. The average molecular weight is 505 g/mol. The molecule has 3 aliphatic rings. The van der Waals surface area contributed by atoms with Crippen molar-refractivity contribution < 1.29 is 14.4 Å². The predicted octanol–water partition coefficient (Wildman–Crippen LogP) is 7.43. The number of thiophene rings is 1. The summed E-state index contributed by atoms with van der Waals surface area (Å²) in [6, 6.07) is 24.3. The van der Waals surface area contributed by atoms with E-state index in [1.165, 1.54) is 64.9 Å². The van der Waals surface area contributed by atoms with Crippen molar-refractivity contribution in [2.24, 2.45) is 0 Å². The van der Waals surface area contributed by atoms with E-state index in [0.29, 0.717) is 5.92 Å². The lowest BCUT2D eigenvalue weighted by molar-refractivity contribution is -0.677. The van der Waals surface area contributed by atoms with Crippen LogP contribution in [0.3, 0.4) is 0 Å². The summed E-state index contributed by atoms with van der Waals surface area (Å²) in [6.07, 6.45) is 0. The molecule has 2 aromatic heterocycles. The van der Waals surface area contributed by atoms with Gasteiger partial charge in [-0.2, -0.15) is 4.57 Å². The minimum absolute atomic E-state index is 0.0925. The molecule has 3 unspecified atom stereocenters. The third-order valence-electron chi connectivity index (χ3n) is 9.28. The van der Waals surface area contributed by atoms with Crippen molar-refractivity contribution in [2.45, 2.75) is 56.8 Å². The monoisotopic (exact) mass is 504 g/mol. The molecule has 0 amide bonds. The molecule has 3 heterocycles. The summed E-state index contributed by atoms with van der Waals surface area (Å²) in [7, 11) is 1.64. The number of rotatable bonds is 2. The van der Waals surface area contributed by atoms with Crippen LogP contribution in [-0.4, -0.2) is 18.0 Å². The molecule has 1 N–H and O–H groups in total. The Hall–Kier alpha value is -3.05. The van der Waals surface area contributed by atoms with Crippen LogP contribution in [-0.2, 0) is 10.2 Å². The molecular formula is C33H30NO2S+. The number of nitrogens with zero attached hydrogens (tertiary/aromatic N) is 1. The lowest BCUT2D eigenvalue weighted by Crippen LogP contribution is -2.42. The molecule has 0 spiro atoms. The minimum Gasteiger partial charge on any atom is -0.360 e. The third-order valence-corrected chi connectivity index (χ3v) is 10.5. The van der Waals surface area contributed by atoms with Crippen LogP contribution >= 0.6 is 11.3 Å². The van der Waals surface area contributed by atoms with Crippen molar-refractivity contribution in [2.75, 3.05) is 7.11 Å². The van der Waals surface area contributed by atoms with Gasteiger partial charge in [-0.25, -0.2) is 0 Å². The van der Waals surface area contributed by atoms with Crippen LogP contribution in [0.1, 0.15) is 67.8 Å². The van der Waals surface area contributed by atoms with E-state index < -0.39 is 5.79 Å². The van der Waals surface area contributed by atoms with E-state index in [9.17, 15) is 5.11 Å². The fraction of sp³-hybridized carbons (Fsp3) is 0.303. The Bertz CT molecular complexity index is 1810. The number of para-hydroxylation sites is 1. The van der Waals surface area contributed by atoms with Gasteiger partial charge in [0.1, 0.15) is 5.92 Å². The largest absolute Gasteiger partial charge is 0.360 e. The van der Waals surface area contributed by atoms with Gasteiger partial charge in [0.15, 0.2) is 0 Å². The zero-order valence-electron chi connectivity index (χ0n) is 21.8. The summed E-state index contributed by atoms with van der Waals surface area (Å²) in [5.41, 5.74) is 10.3. The summed E-state index contributed by atoms with van der Waals surface area (Å²) in [4.78, 5) is 1.38. The number of aliphatic hydroxyl groups is 1. The first kappa shape index (κ1) is 22.0. The summed E-state index contributed by atoms with van der Waals surface area (Å²) < 4.78 is 9.58. The molecule has 37 heavy (non-hydrogen) atoms. The Balaban J connectivity index is 1.56. The zero-order chi connectivity index (χ0) is 25.4. The number of aromatic nitrogens is 1. The molecule has 3 nitrogen and oxygen atoms in total. The number of methoxy groups -OCH3 is 1. The summed E-state index contributed by atoms with van der Waals surface area (Å²) >= 11 is 1.91. The van der Waals surface area contributed by atoms with Crippen LogP contribution in [0.15, 0.2) is 66.7 Å². The number of ether oxygens (including phenoxy) is 1. The second kappa shape index (κ2) is 6.87. The molecule has 8 rings (SSSR count). The first-order valence-electron chi connectivity index (χ1n) is 13.2. The minimum atomic E-state index is -1.21. The fourth-order valence-corrected chi connectivity index (χ4v) is 8.95. The van der Waals surface area contributed by atoms with Crippen molar-refractivity contribution in [3.05, 3.63) is 89.0 Å². The summed E-state index contributed by atoms with van der Waals surface area (Å²) in [6.45, 7) is 9.28. The van der Waals surface area contributed by atoms with E-state index in [1.54, 1.807) is 7.11 Å². The maximum absolute atomic E-state index is 11.7. The molecule has 1 saturated carbocycles. The van der Waals surface area contributed by atoms with Gasteiger partial charge in [-0.05, 0) is 45.7 Å². The van der Waals surface area contributed by atoms with Gasteiger partial charge < -0.3 is 9.84 Å². The normalized spacial score (nSPS) is 24.1. The Kier molecular flexibility index (Phi) is 4.08. The van der Waals surface area contributed by atoms with Crippen LogP contribution in [0, 0.1) is 0 Å². The summed E-state index contributed by atoms with van der Waals surface area (Å²) in [5, 5.41) is 14.4. The topological polar surface area (TPSA) is 33.3 Å². The Morgan fingerprint density at radius 1 is 0.946 bits per heavy atom. The van der Waals surface area contributed by atoms with Crippen molar-refractivity contribution in [3.63, 3.8) is 0 Å². The average Bonchev–Trinajstić information content (AvgIpc) is 3.22. The highest BCUT2D eigenvalue weighted by atomic mass is 32.1. The van der Waals surface area contributed by atoms with Gasteiger partial charge in [0.2, 0.25) is 23.0 Å². The molecule has 3 atom stereocenters. The van der Waals surface area contributed by atoms with Gasteiger partial charge in [-0.1, -0.05) is 70.2 Å². The molecule has 5 aromatic rings. The molecule has 184 valence electrons. The molecule has 1 fully saturated rings. The van der Waals surface area contributed by atoms with Crippen molar-refractivity contribution in [1.82, 2.24) is 0 Å². The van der Waals surface area contributed by atoms with Crippen molar-refractivity contribution in [1.29, 1.82) is 0 Å². The Morgan fingerprint density at radius 2 is 1.68 bits per heavy atom. The second-order valence-corrected chi connectivity index (χ2v) is 12.8. The van der Waals surface area contributed by atoms with Crippen LogP contribution < -0.4 is 4.57 Å². The molecule has 0 radical (unpaired) electrons. The first-order valence-corrected chi connectivity index (χ1v) is 14.1. The molecule has 0 saturated heterocycles. The number of hydrogen-bond donors (Lipinski definition) is 1. The Labute approximate surface area is 221 Å². The molecule has 0 bridgehead atoms. The SMILES string of the molecule is COC1(O)C2c3ccc4c(c3-c3cc(C(C)C)c5ccccc5[n+]3C21)-c1sc2ccccc2c1C4(C)C. The quantitative estimate of drug-likeness (QED) is 0.200. The second-order valence-electron chi connectivity index (χ2n) is 11.8. The van der Waals surface area contributed by atoms with E-state index in [1.807, 2.05) is 11.3 Å². The maximum Gasteiger partial charge on any atom is 0.244 e. The number of pyridine rings is 1. The van der Waals surface area contributed by atoms with Gasteiger partial charge in [-0.15, -0.1) is 11.3 Å². The zero-order valence-corrected chi connectivity index (χ0v) is 22.6. The van der Waals surface area contributed by atoms with Gasteiger partial charge in [-0.3, -0.25) is 0 Å². The van der Waals surface area contributed by atoms with Crippen LogP contribution in [0.4, 0.5) is 0 Å². The molecule has 4 heteroatoms. The molecule has 1 aliphatic heterocycles. The number of fused-ring (bicyclic) bond motifs is 14. The fourth-order valence-electron chi connectivity index (χ4n) is 7.52. The molecule has 3 aromatic carbocycles. The van der Waals surface area contributed by atoms with E-state index in [0.717, 1.165) is 0 Å². The van der Waals surface area contributed by atoms with Gasteiger partial charge in [0.25, 0.3) is 0 Å². The predicted molar refractivity (Wildman–Crippen MR) is 150 cm³/mol. The van der Waals surface area contributed by atoms with E-state index in [2.05, 4.69) is 99.0 Å². The highest BCUT2D eigenvalue weighted by molar-refractivity contribution is 7.22. The smallest absolute Gasteiger partial charge is 0.244 e. The number of hydrogen-bond acceptors (Lipinski definition) is 3. The lowest BCUT2D eigenvalue weighted by Gasteiger charge is -2.24. The molecular weight excluding hydrogens is 474 g/mol. The van der Waals surface area contributed by atoms with Gasteiger partial charge in [0.05, 0.1) is 5.56 Å². The van der Waals surface area contributed by atoms with Crippen LogP contribution in [0.5, 0.6) is 0 Å². The summed E-state index contributed by atoms with van der Waals surface area (Å²) in [5.74, 6) is -0.922. The van der Waals surface area contributed by atoms with Gasteiger partial charge in [0, 0.05) is 45.2 Å². The third kappa shape index (κ3) is 2.47. The van der Waals surface area contributed by atoms with Gasteiger partial charge >= 0.3 is 0 Å². The van der Waals surface area contributed by atoms with E-state index >= 15 is 0 Å². The molecule has 2 aliphatic carbocycles. The first-order chi connectivity index (χ1) is 17.8. The lowest BCUT2D eigenvalue weighted by atomic mass is 9.79.